The summed E-state index contributed by atoms with van der Waals surface area (Å²) in [5.41, 5.74) is 6.76. The summed E-state index contributed by atoms with van der Waals surface area (Å²) in [7, 11) is 0. The molecular weight excluding hydrogens is 300 g/mol. The number of benzene rings is 1. The lowest BCUT2D eigenvalue weighted by atomic mass is 9.92. The van der Waals surface area contributed by atoms with E-state index in [0.717, 1.165) is 18.5 Å². The maximum Gasteiger partial charge on any atom is 0.254 e. The lowest BCUT2D eigenvalue weighted by molar-refractivity contribution is 0.0895. The van der Waals surface area contributed by atoms with E-state index in [4.69, 9.17) is 17.3 Å². The van der Waals surface area contributed by atoms with Crippen molar-refractivity contribution in [2.45, 2.75) is 32.2 Å². The number of hydrogen-bond donors (Lipinski definition) is 2. The lowest BCUT2D eigenvalue weighted by Gasteiger charge is -2.31. The van der Waals surface area contributed by atoms with Crippen LogP contribution in [-0.2, 0) is 0 Å². The standard InChI is InChI=1S/C16H21ClN4O/c1-3-16(4-2,11-18)20-15(22)12-9-19-21(10-12)14-7-5-6-13(17)8-14/h5-10H,3-4,11,18H2,1-2H3,(H,20,22). The Morgan fingerprint density at radius 3 is 2.73 bits per heavy atom. The molecule has 1 heterocycles. The first-order chi connectivity index (χ1) is 10.5. The molecular formula is C16H21ClN4O. The van der Waals surface area contributed by atoms with Crippen LogP contribution in [0.3, 0.4) is 0 Å². The molecule has 1 aromatic heterocycles. The SMILES string of the molecule is CCC(CC)(CN)NC(=O)c1cnn(-c2cccc(Cl)c2)c1. The molecule has 5 nitrogen and oxygen atoms in total. The molecule has 22 heavy (non-hydrogen) atoms. The van der Waals surface area contributed by atoms with E-state index in [1.807, 2.05) is 26.0 Å². The van der Waals surface area contributed by atoms with Gasteiger partial charge in [-0.05, 0) is 31.0 Å². The minimum absolute atomic E-state index is 0.164. The van der Waals surface area contributed by atoms with Crippen molar-refractivity contribution in [3.8, 4) is 5.69 Å². The van der Waals surface area contributed by atoms with Crippen molar-refractivity contribution in [2.75, 3.05) is 6.54 Å². The van der Waals surface area contributed by atoms with Gasteiger partial charge in [0.15, 0.2) is 0 Å². The van der Waals surface area contributed by atoms with E-state index >= 15 is 0 Å². The van der Waals surface area contributed by atoms with Crippen LogP contribution >= 0.6 is 11.6 Å². The Labute approximate surface area is 135 Å². The Kier molecular flexibility index (Phi) is 5.21. The van der Waals surface area contributed by atoms with Gasteiger partial charge in [0, 0.05) is 17.8 Å². The molecule has 0 spiro atoms. The third-order valence-corrected chi connectivity index (χ3v) is 4.28. The molecule has 1 aromatic carbocycles. The first-order valence-electron chi connectivity index (χ1n) is 7.36. The Morgan fingerprint density at radius 1 is 1.41 bits per heavy atom. The fourth-order valence-electron chi connectivity index (χ4n) is 2.28. The zero-order valence-electron chi connectivity index (χ0n) is 12.8. The van der Waals surface area contributed by atoms with Crippen molar-refractivity contribution < 1.29 is 4.79 Å². The van der Waals surface area contributed by atoms with Crippen molar-refractivity contribution in [3.63, 3.8) is 0 Å². The van der Waals surface area contributed by atoms with Crippen LogP contribution in [0.15, 0.2) is 36.7 Å². The van der Waals surface area contributed by atoms with Crippen molar-refractivity contribution in [3.05, 3.63) is 47.2 Å². The van der Waals surface area contributed by atoms with Crippen LogP contribution in [0.2, 0.25) is 5.02 Å². The average molecular weight is 321 g/mol. The smallest absolute Gasteiger partial charge is 0.254 e. The Morgan fingerprint density at radius 2 is 2.14 bits per heavy atom. The van der Waals surface area contributed by atoms with Crippen LogP contribution in [0.5, 0.6) is 0 Å². The van der Waals surface area contributed by atoms with Crippen molar-refractivity contribution in [2.24, 2.45) is 5.73 Å². The normalized spacial score (nSPS) is 11.5. The molecule has 0 aliphatic rings. The first-order valence-corrected chi connectivity index (χ1v) is 7.74. The molecule has 0 saturated carbocycles. The van der Waals surface area contributed by atoms with Crippen LogP contribution in [0.4, 0.5) is 0 Å². The highest BCUT2D eigenvalue weighted by molar-refractivity contribution is 6.30. The number of rotatable bonds is 6. The highest BCUT2D eigenvalue weighted by Crippen LogP contribution is 2.17. The van der Waals surface area contributed by atoms with E-state index < -0.39 is 0 Å². The zero-order chi connectivity index (χ0) is 16.2. The Bertz CT molecular complexity index is 641. The second-order valence-electron chi connectivity index (χ2n) is 5.30. The van der Waals surface area contributed by atoms with Gasteiger partial charge in [-0.25, -0.2) is 4.68 Å². The molecule has 0 aliphatic carbocycles. The zero-order valence-corrected chi connectivity index (χ0v) is 13.6. The monoisotopic (exact) mass is 320 g/mol. The number of halogens is 1. The van der Waals surface area contributed by atoms with Gasteiger partial charge in [-0.1, -0.05) is 31.5 Å². The summed E-state index contributed by atoms with van der Waals surface area (Å²) in [6, 6.07) is 7.30. The maximum atomic E-state index is 12.4. The third-order valence-electron chi connectivity index (χ3n) is 4.04. The molecule has 118 valence electrons. The van der Waals surface area contributed by atoms with E-state index in [9.17, 15) is 4.79 Å². The average Bonchev–Trinajstić information content (AvgIpc) is 3.03. The minimum atomic E-state index is -0.366. The van der Waals surface area contributed by atoms with Crippen LogP contribution in [0, 0.1) is 0 Å². The molecule has 2 aromatic rings. The quantitative estimate of drug-likeness (QED) is 0.859. The molecule has 0 radical (unpaired) electrons. The van der Waals surface area contributed by atoms with Crippen molar-refractivity contribution >= 4 is 17.5 Å². The van der Waals surface area contributed by atoms with E-state index in [1.54, 1.807) is 29.2 Å². The Balaban J connectivity index is 2.19. The second-order valence-corrected chi connectivity index (χ2v) is 5.74. The highest BCUT2D eigenvalue weighted by Gasteiger charge is 2.27. The van der Waals surface area contributed by atoms with E-state index in [0.29, 0.717) is 17.1 Å². The summed E-state index contributed by atoms with van der Waals surface area (Å²) >= 11 is 5.97. The summed E-state index contributed by atoms with van der Waals surface area (Å²) < 4.78 is 1.63. The van der Waals surface area contributed by atoms with Gasteiger partial charge in [0.1, 0.15) is 0 Å². The lowest BCUT2D eigenvalue weighted by Crippen LogP contribution is -2.52. The number of nitrogens with two attached hydrogens (primary N) is 1. The number of nitrogens with zero attached hydrogens (tertiary/aromatic N) is 2. The number of carbonyl (C=O) groups is 1. The molecule has 0 bridgehead atoms. The number of nitrogens with one attached hydrogen (secondary N) is 1. The molecule has 0 saturated heterocycles. The minimum Gasteiger partial charge on any atom is -0.345 e. The number of hydrogen-bond acceptors (Lipinski definition) is 3. The van der Waals surface area contributed by atoms with Gasteiger partial charge in [0.05, 0.1) is 23.0 Å². The largest absolute Gasteiger partial charge is 0.345 e. The van der Waals surface area contributed by atoms with Gasteiger partial charge in [-0.15, -0.1) is 0 Å². The predicted octanol–water partition coefficient (Wildman–Crippen LogP) is 2.77. The molecule has 1 amide bonds. The van der Waals surface area contributed by atoms with Crippen LogP contribution in [0.1, 0.15) is 37.0 Å². The summed E-state index contributed by atoms with van der Waals surface area (Å²) in [6.07, 6.45) is 4.80. The van der Waals surface area contributed by atoms with E-state index in [-0.39, 0.29) is 11.4 Å². The fraction of sp³-hybridized carbons (Fsp3) is 0.375. The summed E-state index contributed by atoms with van der Waals surface area (Å²) in [4.78, 5) is 12.4. The molecule has 0 fully saturated rings. The molecule has 0 unspecified atom stereocenters. The molecule has 6 heteroatoms. The van der Waals surface area contributed by atoms with Crippen LogP contribution < -0.4 is 11.1 Å². The van der Waals surface area contributed by atoms with E-state index in [1.165, 1.54) is 0 Å². The van der Waals surface area contributed by atoms with Gasteiger partial charge in [-0.3, -0.25) is 4.79 Å². The second kappa shape index (κ2) is 6.94. The fourth-order valence-corrected chi connectivity index (χ4v) is 2.46. The summed E-state index contributed by atoms with van der Waals surface area (Å²) in [6.45, 7) is 4.45. The van der Waals surface area contributed by atoms with Crippen LogP contribution in [-0.4, -0.2) is 27.8 Å². The van der Waals surface area contributed by atoms with Gasteiger partial charge < -0.3 is 11.1 Å². The summed E-state index contributed by atoms with van der Waals surface area (Å²) in [5, 5.41) is 7.87. The van der Waals surface area contributed by atoms with Gasteiger partial charge in [-0.2, -0.15) is 5.10 Å². The Hall–Kier alpha value is -1.85. The van der Waals surface area contributed by atoms with E-state index in [2.05, 4.69) is 10.4 Å². The highest BCUT2D eigenvalue weighted by atomic mass is 35.5. The van der Waals surface area contributed by atoms with Gasteiger partial charge >= 0.3 is 0 Å². The maximum absolute atomic E-state index is 12.4. The topological polar surface area (TPSA) is 72.9 Å². The molecule has 0 aliphatic heterocycles. The first kappa shape index (κ1) is 16.5. The van der Waals surface area contributed by atoms with Crippen molar-refractivity contribution in [1.29, 1.82) is 0 Å². The third kappa shape index (κ3) is 3.48. The van der Waals surface area contributed by atoms with Gasteiger partial charge in [0.25, 0.3) is 5.91 Å². The van der Waals surface area contributed by atoms with Gasteiger partial charge in [0.2, 0.25) is 0 Å². The van der Waals surface area contributed by atoms with Crippen molar-refractivity contribution in [1.82, 2.24) is 15.1 Å². The summed E-state index contributed by atoms with van der Waals surface area (Å²) in [5.74, 6) is -0.164. The number of amides is 1. The number of aromatic nitrogens is 2. The number of carbonyl (C=O) groups excluding carboxylic acids is 1. The molecule has 0 atom stereocenters. The predicted molar refractivity (Wildman–Crippen MR) is 88.4 cm³/mol. The molecule has 2 rings (SSSR count). The molecule has 3 N–H and O–H groups in total. The van der Waals surface area contributed by atoms with Crippen LogP contribution in [0.25, 0.3) is 5.69 Å².